The molecule has 0 amide bonds. The molecule has 1 aliphatic heterocycles. The Kier molecular flexibility index (Phi) is 4.69. The Balaban J connectivity index is 1.49. The third kappa shape index (κ3) is 3.34. The Morgan fingerprint density at radius 1 is 1.23 bits per heavy atom. The predicted molar refractivity (Wildman–Crippen MR) is 97.5 cm³/mol. The lowest BCUT2D eigenvalue weighted by atomic mass is 9.96. The molecule has 3 aromatic rings. The number of benzene rings is 1. The van der Waals surface area contributed by atoms with E-state index in [-0.39, 0.29) is 0 Å². The minimum atomic E-state index is 0.409. The van der Waals surface area contributed by atoms with Gasteiger partial charge in [0.1, 0.15) is 22.7 Å². The summed E-state index contributed by atoms with van der Waals surface area (Å²) in [5.74, 6) is 2.51. The van der Waals surface area contributed by atoms with Gasteiger partial charge < -0.3 is 9.47 Å². The standard InChI is InChI=1S/C18H25N7O/c1-23(2)12-16-19-20-18(24(16)3)14-7-5-9-25(11-14)10-13-6-4-8-15-17(13)22-26-21-15/h4,6,8,14H,5,7,9-12H2,1-3H3. The number of aromatic nitrogens is 5. The third-order valence-electron chi connectivity index (χ3n) is 5.09. The van der Waals surface area contributed by atoms with Gasteiger partial charge in [-0.3, -0.25) is 4.90 Å². The number of likely N-dealkylation sites (tertiary alicyclic amines) is 1. The number of hydrogen-bond acceptors (Lipinski definition) is 7. The smallest absolute Gasteiger partial charge is 0.146 e. The van der Waals surface area contributed by atoms with E-state index >= 15 is 0 Å². The molecule has 0 aliphatic carbocycles. The summed E-state index contributed by atoms with van der Waals surface area (Å²) in [5.41, 5.74) is 2.84. The van der Waals surface area contributed by atoms with Gasteiger partial charge in [-0.15, -0.1) is 10.2 Å². The number of piperidine rings is 1. The highest BCUT2D eigenvalue weighted by molar-refractivity contribution is 5.76. The van der Waals surface area contributed by atoms with Gasteiger partial charge in [-0.1, -0.05) is 12.1 Å². The zero-order chi connectivity index (χ0) is 18.1. The fraction of sp³-hybridized carbons (Fsp3) is 0.556. The molecule has 4 rings (SSSR count). The third-order valence-corrected chi connectivity index (χ3v) is 5.09. The molecular formula is C18H25N7O. The van der Waals surface area contributed by atoms with Crippen LogP contribution in [0.15, 0.2) is 22.8 Å². The number of fused-ring (bicyclic) bond motifs is 1. The monoisotopic (exact) mass is 355 g/mol. The van der Waals surface area contributed by atoms with Crippen molar-refractivity contribution in [3.63, 3.8) is 0 Å². The summed E-state index contributed by atoms with van der Waals surface area (Å²) < 4.78 is 7.05. The van der Waals surface area contributed by atoms with E-state index in [4.69, 9.17) is 4.63 Å². The Bertz CT molecular complexity index is 885. The highest BCUT2D eigenvalue weighted by atomic mass is 16.6. The van der Waals surface area contributed by atoms with E-state index in [0.29, 0.717) is 5.92 Å². The second kappa shape index (κ2) is 7.13. The highest BCUT2D eigenvalue weighted by Gasteiger charge is 2.26. The molecule has 0 bridgehead atoms. The summed E-state index contributed by atoms with van der Waals surface area (Å²) in [7, 11) is 6.18. The summed E-state index contributed by atoms with van der Waals surface area (Å²) in [6.07, 6.45) is 2.31. The van der Waals surface area contributed by atoms with Crippen LogP contribution in [-0.2, 0) is 20.1 Å². The lowest BCUT2D eigenvalue weighted by Gasteiger charge is -2.32. The second-order valence-corrected chi connectivity index (χ2v) is 7.39. The second-order valence-electron chi connectivity index (χ2n) is 7.39. The molecule has 0 saturated carbocycles. The molecule has 1 aromatic carbocycles. The van der Waals surface area contributed by atoms with Crippen molar-refractivity contribution in [3.8, 4) is 0 Å². The van der Waals surface area contributed by atoms with Crippen molar-refractivity contribution in [3.05, 3.63) is 35.4 Å². The maximum absolute atomic E-state index is 4.89. The van der Waals surface area contributed by atoms with Crippen molar-refractivity contribution in [1.29, 1.82) is 0 Å². The molecule has 138 valence electrons. The minimum Gasteiger partial charge on any atom is -0.317 e. The topological polar surface area (TPSA) is 76.1 Å². The predicted octanol–water partition coefficient (Wildman–Crippen LogP) is 1.79. The van der Waals surface area contributed by atoms with Gasteiger partial charge in [0.15, 0.2) is 0 Å². The Morgan fingerprint density at radius 3 is 2.96 bits per heavy atom. The summed E-state index contributed by atoms with van der Waals surface area (Å²) >= 11 is 0. The summed E-state index contributed by atoms with van der Waals surface area (Å²) in [5, 5.41) is 16.9. The van der Waals surface area contributed by atoms with E-state index in [1.165, 1.54) is 0 Å². The average Bonchev–Trinajstić information content (AvgIpc) is 3.23. The van der Waals surface area contributed by atoms with Crippen LogP contribution in [0.3, 0.4) is 0 Å². The minimum absolute atomic E-state index is 0.409. The van der Waals surface area contributed by atoms with Crippen molar-refractivity contribution in [2.45, 2.75) is 31.8 Å². The van der Waals surface area contributed by atoms with Gasteiger partial charge in [0.05, 0.1) is 6.54 Å². The van der Waals surface area contributed by atoms with Gasteiger partial charge in [0, 0.05) is 26.1 Å². The first-order valence-corrected chi connectivity index (χ1v) is 9.07. The fourth-order valence-electron chi connectivity index (χ4n) is 3.79. The zero-order valence-corrected chi connectivity index (χ0v) is 15.6. The van der Waals surface area contributed by atoms with Gasteiger partial charge >= 0.3 is 0 Å². The molecule has 1 saturated heterocycles. The molecule has 3 heterocycles. The molecule has 0 N–H and O–H groups in total. The Hall–Kier alpha value is -2.32. The Labute approximate surface area is 152 Å². The molecule has 1 atom stereocenters. The fourth-order valence-corrected chi connectivity index (χ4v) is 3.79. The van der Waals surface area contributed by atoms with Crippen LogP contribution in [0.4, 0.5) is 0 Å². The van der Waals surface area contributed by atoms with Gasteiger partial charge in [0.25, 0.3) is 0 Å². The van der Waals surface area contributed by atoms with E-state index in [9.17, 15) is 0 Å². The molecule has 1 unspecified atom stereocenters. The molecule has 1 aliphatic rings. The van der Waals surface area contributed by atoms with Gasteiger partial charge in [-0.25, -0.2) is 4.63 Å². The first-order chi connectivity index (χ1) is 12.6. The van der Waals surface area contributed by atoms with Crippen molar-refractivity contribution in [1.82, 2.24) is 34.9 Å². The molecule has 0 spiro atoms. The Morgan fingerprint density at radius 2 is 2.12 bits per heavy atom. The van der Waals surface area contributed by atoms with E-state index in [2.05, 4.69) is 62.1 Å². The van der Waals surface area contributed by atoms with E-state index in [1.54, 1.807) is 0 Å². The summed E-state index contributed by atoms with van der Waals surface area (Å²) in [4.78, 5) is 4.59. The molecular weight excluding hydrogens is 330 g/mol. The molecule has 8 nitrogen and oxygen atoms in total. The van der Waals surface area contributed by atoms with Gasteiger partial charge in [-0.05, 0) is 55.4 Å². The van der Waals surface area contributed by atoms with Crippen molar-refractivity contribution < 1.29 is 4.63 Å². The molecule has 8 heteroatoms. The van der Waals surface area contributed by atoms with Crippen molar-refractivity contribution in [2.75, 3.05) is 27.2 Å². The molecule has 0 radical (unpaired) electrons. The SMILES string of the molecule is CN(C)Cc1nnc(C2CCCN(Cc3cccc4nonc34)C2)n1C. The van der Waals surface area contributed by atoms with Crippen LogP contribution >= 0.6 is 0 Å². The molecule has 2 aromatic heterocycles. The maximum atomic E-state index is 4.89. The largest absolute Gasteiger partial charge is 0.317 e. The van der Waals surface area contributed by atoms with Gasteiger partial charge in [-0.2, -0.15) is 0 Å². The zero-order valence-electron chi connectivity index (χ0n) is 15.6. The van der Waals surface area contributed by atoms with Crippen molar-refractivity contribution >= 4 is 11.0 Å². The first kappa shape index (κ1) is 17.1. The number of rotatable bonds is 5. The van der Waals surface area contributed by atoms with Crippen LogP contribution in [0, 0.1) is 0 Å². The van der Waals surface area contributed by atoms with Crippen LogP contribution in [0.1, 0.15) is 36.0 Å². The maximum Gasteiger partial charge on any atom is 0.146 e. The first-order valence-electron chi connectivity index (χ1n) is 9.07. The lowest BCUT2D eigenvalue weighted by Crippen LogP contribution is -2.35. The van der Waals surface area contributed by atoms with E-state index in [0.717, 1.165) is 67.3 Å². The normalized spacial score (nSPS) is 18.8. The quantitative estimate of drug-likeness (QED) is 0.690. The van der Waals surface area contributed by atoms with E-state index < -0.39 is 0 Å². The summed E-state index contributed by atoms with van der Waals surface area (Å²) in [6, 6.07) is 6.05. The molecule has 26 heavy (non-hydrogen) atoms. The van der Waals surface area contributed by atoms with Crippen LogP contribution in [0.5, 0.6) is 0 Å². The number of nitrogens with zero attached hydrogens (tertiary/aromatic N) is 7. The molecule has 1 fully saturated rings. The summed E-state index contributed by atoms with van der Waals surface area (Å²) in [6.45, 7) is 3.72. The van der Waals surface area contributed by atoms with Crippen LogP contribution in [0.2, 0.25) is 0 Å². The highest BCUT2D eigenvalue weighted by Crippen LogP contribution is 2.27. The average molecular weight is 355 g/mol. The van der Waals surface area contributed by atoms with Crippen molar-refractivity contribution in [2.24, 2.45) is 7.05 Å². The van der Waals surface area contributed by atoms with E-state index in [1.807, 2.05) is 12.1 Å². The van der Waals surface area contributed by atoms with Gasteiger partial charge in [0.2, 0.25) is 0 Å². The van der Waals surface area contributed by atoms with Crippen LogP contribution < -0.4 is 0 Å². The van der Waals surface area contributed by atoms with Crippen LogP contribution in [0.25, 0.3) is 11.0 Å². The lowest BCUT2D eigenvalue weighted by molar-refractivity contribution is 0.195. The number of hydrogen-bond donors (Lipinski definition) is 0. The van der Waals surface area contributed by atoms with Crippen LogP contribution in [-0.4, -0.2) is 62.1 Å².